The average molecular weight is 400 g/mol. The molecule has 0 saturated heterocycles. The lowest BCUT2D eigenvalue weighted by Gasteiger charge is -2.29. The van der Waals surface area contributed by atoms with Crippen LogP contribution in [0.1, 0.15) is 22.3 Å². The number of fused-ring (bicyclic) bond motifs is 10. The lowest BCUT2D eigenvalue weighted by molar-refractivity contribution is 0.0116. The highest BCUT2D eigenvalue weighted by Crippen LogP contribution is 2.47. The van der Waals surface area contributed by atoms with Crippen LogP contribution in [0.4, 0.5) is 0 Å². The molecule has 6 rings (SSSR count). The Morgan fingerprint density at radius 2 is 2.00 bits per heavy atom. The predicted molar refractivity (Wildman–Crippen MR) is 118 cm³/mol. The average Bonchev–Trinajstić information content (AvgIpc) is 3.13. The fourth-order valence-corrected chi connectivity index (χ4v) is 5.43. The molecule has 5 heteroatoms. The Morgan fingerprint density at radius 1 is 1.10 bits per heavy atom. The summed E-state index contributed by atoms with van der Waals surface area (Å²) in [7, 11) is 1.72. The molecular formula is C25H24N2O3. The van der Waals surface area contributed by atoms with Crippen molar-refractivity contribution in [2.24, 2.45) is 0 Å². The van der Waals surface area contributed by atoms with Gasteiger partial charge in [0.05, 0.1) is 25.8 Å². The number of hydrogen-bond donors (Lipinski definition) is 2. The Kier molecular flexibility index (Phi) is 4.09. The second kappa shape index (κ2) is 6.84. The van der Waals surface area contributed by atoms with Crippen LogP contribution in [0, 0.1) is 0 Å². The van der Waals surface area contributed by atoms with E-state index in [1.54, 1.807) is 7.11 Å². The minimum atomic E-state index is 0.120. The summed E-state index contributed by atoms with van der Waals surface area (Å²) in [5, 5.41) is 12.4. The summed E-state index contributed by atoms with van der Waals surface area (Å²) in [6, 6.07) is 15.0. The topological polar surface area (TPSA) is 55.7 Å². The number of hydroxylamine groups is 1. The number of nitrogens with zero attached hydrogens (tertiary/aromatic N) is 1. The van der Waals surface area contributed by atoms with Crippen molar-refractivity contribution in [1.29, 1.82) is 0 Å². The summed E-state index contributed by atoms with van der Waals surface area (Å²) in [6.45, 7) is 1.94. The number of hydrogen-bond acceptors (Lipinski definition) is 4. The molecule has 30 heavy (non-hydrogen) atoms. The van der Waals surface area contributed by atoms with Gasteiger partial charge in [0.1, 0.15) is 5.75 Å². The molecule has 0 fully saturated rings. The molecule has 0 atom stereocenters. The van der Waals surface area contributed by atoms with Gasteiger partial charge in [-0.25, -0.2) is 0 Å². The van der Waals surface area contributed by atoms with Crippen LogP contribution in [0.15, 0.2) is 42.5 Å². The van der Waals surface area contributed by atoms with Gasteiger partial charge < -0.3 is 14.4 Å². The fourth-order valence-electron chi connectivity index (χ4n) is 5.43. The van der Waals surface area contributed by atoms with Gasteiger partial charge in [0, 0.05) is 29.4 Å². The Balaban J connectivity index is 1.79. The quantitative estimate of drug-likeness (QED) is 0.544. The SMILES string of the molecule is COc1ccc2c(c1)CCc1c-2c2c(c3c4ccccc4n(CCO)c13)CNOC2. The summed E-state index contributed by atoms with van der Waals surface area (Å²) in [5.41, 5.74) is 13.4. The number of aliphatic hydroxyl groups excluding tert-OH is 1. The molecule has 3 aromatic carbocycles. The van der Waals surface area contributed by atoms with E-state index in [1.807, 2.05) is 0 Å². The molecule has 0 spiro atoms. The van der Waals surface area contributed by atoms with Crippen molar-refractivity contribution in [2.75, 3.05) is 13.7 Å². The maximum Gasteiger partial charge on any atom is 0.119 e. The van der Waals surface area contributed by atoms with Gasteiger partial charge in [0.2, 0.25) is 0 Å². The maximum absolute atomic E-state index is 9.85. The highest BCUT2D eigenvalue weighted by Gasteiger charge is 2.30. The molecular weight excluding hydrogens is 376 g/mol. The molecule has 1 aliphatic carbocycles. The zero-order valence-corrected chi connectivity index (χ0v) is 17.0. The molecule has 0 unspecified atom stereocenters. The van der Waals surface area contributed by atoms with Crippen molar-refractivity contribution in [3.63, 3.8) is 0 Å². The van der Waals surface area contributed by atoms with Crippen LogP contribution in [0.25, 0.3) is 32.9 Å². The Morgan fingerprint density at radius 3 is 2.87 bits per heavy atom. The van der Waals surface area contributed by atoms with E-state index in [0.717, 1.165) is 18.6 Å². The van der Waals surface area contributed by atoms with Crippen LogP contribution < -0.4 is 10.2 Å². The number of aliphatic hydroxyl groups is 1. The molecule has 0 radical (unpaired) electrons. The Bertz CT molecular complexity index is 1310. The molecule has 4 aromatic rings. The number of aryl methyl sites for hydroxylation is 2. The second-order valence-electron chi connectivity index (χ2n) is 8.06. The number of nitrogens with one attached hydrogen (secondary N) is 1. The first-order valence-corrected chi connectivity index (χ1v) is 10.5. The van der Waals surface area contributed by atoms with Crippen LogP contribution in [0.3, 0.4) is 0 Å². The number of rotatable bonds is 3. The third kappa shape index (κ3) is 2.40. The molecule has 2 heterocycles. The third-order valence-corrected chi connectivity index (χ3v) is 6.64. The smallest absolute Gasteiger partial charge is 0.119 e. The normalized spacial score (nSPS) is 15.1. The first-order chi connectivity index (χ1) is 14.8. The van der Waals surface area contributed by atoms with E-state index in [4.69, 9.17) is 9.57 Å². The molecule has 1 aliphatic heterocycles. The van der Waals surface area contributed by atoms with E-state index in [0.29, 0.717) is 19.7 Å². The van der Waals surface area contributed by atoms with Gasteiger partial charge in [0.25, 0.3) is 0 Å². The summed E-state index contributed by atoms with van der Waals surface area (Å²) in [6.07, 6.45) is 1.95. The molecule has 152 valence electrons. The molecule has 0 bridgehead atoms. The van der Waals surface area contributed by atoms with E-state index in [-0.39, 0.29) is 6.61 Å². The van der Waals surface area contributed by atoms with E-state index in [2.05, 4.69) is 52.5 Å². The van der Waals surface area contributed by atoms with Gasteiger partial charge in [-0.05, 0) is 64.4 Å². The predicted octanol–water partition coefficient (Wildman–Crippen LogP) is 4.10. The summed E-state index contributed by atoms with van der Waals surface area (Å²) >= 11 is 0. The van der Waals surface area contributed by atoms with Crippen molar-refractivity contribution < 1.29 is 14.7 Å². The van der Waals surface area contributed by atoms with Crippen LogP contribution in [-0.2, 0) is 37.4 Å². The summed E-state index contributed by atoms with van der Waals surface area (Å²) in [5.74, 6) is 0.902. The number of aromatic nitrogens is 1. The molecule has 2 aliphatic rings. The number of benzene rings is 3. The maximum atomic E-state index is 9.85. The van der Waals surface area contributed by atoms with Gasteiger partial charge in [0.15, 0.2) is 0 Å². The molecule has 2 N–H and O–H groups in total. The van der Waals surface area contributed by atoms with E-state index >= 15 is 0 Å². The van der Waals surface area contributed by atoms with Crippen molar-refractivity contribution in [1.82, 2.24) is 10.0 Å². The number of para-hydroxylation sites is 1. The van der Waals surface area contributed by atoms with Crippen molar-refractivity contribution in [2.45, 2.75) is 32.5 Å². The van der Waals surface area contributed by atoms with Gasteiger partial charge in [-0.1, -0.05) is 24.3 Å². The number of ether oxygens (including phenoxy) is 1. The monoisotopic (exact) mass is 400 g/mol. The van der Waals surface area contributed by atoms with Crippen molar-refractivity contribution >= 4 is 21.8 Å². The molecule has 1 aromatic heterocycles. The number of methoxy groups -OCH3 is 1. The lowest BCUT2D eigenvalue weighted by atomic mass is 9.79. The molecule has 5 nitrogen and oxygen atoms in total. The minimum absolute atomic E-state index is 0.120. The Labute approximate surface area is 174 Å². The zero-order chi connectivity index (χ0) is 20.2. The fraction of sp³-hybridized carbons (Fsp3) is 0.280. The van der Waals surface area contributed by atoms with Crippen LogP contribution in [0.2, 0.25) is 0 Å². The summed E-state index contributed by atoms with van der Waals surface area (Å²) < 4.78 is 7.79. The first kappa shape index (κ1) is 18.0. The van der Waals surface area contributed by atoms with E-state index in [9.17, 15) is 5.11 Å². The van der Waals surface area contributed by atoms with E-state index in [1.165, 1.54) is 55.2 Å². The van der Waals surface area contributed by atoms with Gasteiger partial charge in [-0.15, -0.1) is 0 Å². The van der Waals surface area contributed by atoms with E-state index < -0.39 is 0 Å². The highest BCUT2D eigenvalue weighted by molar-refractivity contribution is 6.13. The van der Waals surface area contributed by atoms with Gasteiger partial charge in [-0.2, -0.15) is 5.48 Å². The van der Waals surface area contributed by atoms with Crippen LogP contribution >= 0.6 is 0 Å². The largest absolute Gasteiger partial charge is 0.497 e. The lowest BCUT2D eigenvalue weighted by Crippen LogP contribution is -2.24. The van der Waals surface area contributed by atoms with Crippen molar-refractivity contribution in [3.05, 3.63) is 64.7 Å². The molecule has 0 saturated carbocycles. The zero-order valence-electron chi connectivity index (χ0n) is 17.0. The van der Waals surface area contributed by atoms with Crippen LogP contribution in [0.5, 0.6) is 5.75 Å². The van der Waals surface area contributed by atoms with Crippen molar-refractivity contribution in [3.8, 4) is 16.9 Å². The first-order valence-electron chi connectivity index (χ1n) is 10.5. The standard InChI is InChI=1S/C25H24N2O3/c1-29-16-7-9-17-15(12-16)6-8-19-23(17)21-14-30-26-13-20(21)24-18-4-2-3-5-22(18)27(10-11-28)25(19)24/h2-5,7,9,12,26,28H,6,8,10-11,13-14H2,1H3. The molecule has 0 amide bonds. The second-order valence-corrected chi connectivity index (χ2v) is 8.06. The van der Waals surface area contributed by atoms with Crippen LogP contribution in [-0.4, -0.2) is 23.4 Å². The summed E-state index contributed by atoms with van der Waals surface area (Å²) in [4.78, 5) is 5.72. The van der Waals surface area contributed by atoms with Gasteiger partial charge in [-0.3, -0.25) is 4.84 Å². The minimum Gasteiger partial charge on any atom is -0.497 e. The third-order valence-electron chi connectivity index (χ3n) is 6.64. The highest BCUT2D eigenvalue weighted by atomic mass is 16.6. The Hall–Kier alpha value is -2.86. The van der Waals surface area contributed by atoms with Gasteiger partial charge >= 0.3 is 0 Å².